The van der Waals surface area contributed by atoms with E-state index in [-0.39, 0.29) is 18.4 Å². The van der Waals surface area contributed by atoms with E-state index in [1.807, 2.05) is 12.1 Å². The number of fused-ring (bicyclic) bond motifs is 5. The van der Waals surface area contributed by atoms with Crippen LogP contribution in [0.25, 0.3) is 0 Å². The summed E-state index contributed by atoms with van der Waals surface area (Å²) in [6.07, 6.45) is 0.763. The molecule has 5 rings (SSSR count). The molecule has 0 spiro atoms. The van der Waals surface area contributed by atoms with Crippen LogP contribution in [0.3, 0.4) is 0 Å². The number of hydrogen-bond donors (Lipinski definition) is 1. The number of amides is 3. The third kappa shape index (κ3) is 2.83. The molecule has 2 aliphatic rings. The molecule has 2 aliphatic heterocycles. The van der Waals surface area contributed by atoms with Crippen molar-refractivity contribution in [2.24, 2.45) is 0 Å². The van der Waals surface area contributed by atoms with E-state index in [0.717, 1.165) is 0 Å². The molecule has 0 radical (unpaired) electrons. The average Bonchev–Trinajstić information content (AvgIpc) is 3.06. The van der Waals surface area contributed by atoms with Gasteiger partial charge in [0.2, 0.25) is 5.91 Å². The SMILES string of the molecule is O=C(CN1C(=O)c2ccccc2N2C(=O)c3ccccc3[C@@H]12)Nc1ccc(Cl)nc1. The summed E-state index contributed by atoms with van der Waals surface area (Å²) in [4.78, 5) is 46.1. The Hall–Kier alpha value is -3.71. The molecule has 1 aromatic heterocycles. The number of anilines is 2. The number of aromatic nitrogens is 1. The number of nitrogens with one attached hydrogen (secondary N) is 1. The van der Waals surface area contributed by atoms with Gasteiger partial charge in [0, 0.05) is 11.1 Å². The lowest BCUT2D eigenvalue weighted by Gasteiger charge is -2.40. The van der Waals surface area contributed by atoms with Crippen molar-refractivity contribution in [3.63, 3.8) is 0 Å². The molecule has 3 aromatic rings. The topological polar surface area (TPSA) is 82.6 Å². The first-order valence-corrected chi connectivity index (χ1v) is 9.66. The zero-order valence-corrected chi connectivity index (χ0v) is 16.3. The Morgan fingerprint density at radius 1 is 0.967 bits per heavy atom. The van der Waals surface area contributed by atoms with Crippen LogP contribution in [0.1, 0.15) is 32.4 Å². The Morgan fingerprint density at radius 3 is 2.47 bits per heavy atom. The third-order valence-electron chi connectivity index (χ3n) is 5.21. The largest absolute Gasteiger partial charge is 0.323 e. The van der Waals surface area contributed by atoms with Gasteiger partial charge in [-0.25, -0.2) is 4.98 Å². The normalized spacial score (nSPS) is 16.8. The number of carbonyl (C=O) groups is 3. The molecule has 7 nitrogen and oxygen atoms in total. The quantitative estimate of drug-likeness (QED) is 0.660. The summed E-state index contributed by atoms with van der Waals surface area (Å²) in [6, 6.07) is 17.3. The molecule has 1 atom stereocenters. The molecule has 2 aromatic carbocycles. The van der Waals surface area contributed by atoms with E-state index in [4.69, 9.17) is 11.6 Å². The lowest BCUT2D eigenvalue weighted by Crippen LogP contribution is -2.50. The van der Waals surface area contributed by atoms with Gasteiger partial charge in [-0.2, -0.15) is 0 Å². The molecular formula is C22H15ClN4O3. The van der Waals surface area contributed by atoms with E-state index >= 15 is 0 Å². The first kappa shape index (κ1) is 18.3. The van der Waals surface area contributed by atoms with Crippen LogP contribution in [0, 0.1) is 0 Å². The molecule has 0 aliphatic carbocycles. The van der Waals surface area contributed by atoms with Gasteiger partial charge in [0.25, 0.3) is 11.8 Å². The Balaban J connectivity index is 1.52. The minimum Gasteiger partial charge on any atom is -0.323 e. The van der Waals surface area contributed by atoms with Crippen molar-refractivity contribution in [1.29, 1.82) is 0 Å². The van der Waals surface area contributed by atoms with Crippen molar-refractivity contribution >= 4 is 40.7 Å². The first-order valence-electron chi connectivity index (χ1n) is 9.28. The van der Waals surface area contributed by atoms with E-state index in [2.05, 4.69) is 10.3 Å². The van der Waals surface area contributed by atoms with Crippen molar-refractivity contribution in [3.8, 4) is 0 Å². The monoisotopic (exact) mass is 418 g/mol. The van der Waals surface area contributed by atoms with Crippen LogP contribution in [-0.4, -0.2) is 34.2 Å². The summed E-state index contributed by atoms with van der Waals surface area (Å²) in [7, 11) is 0. The predicted octanol–water partition coefficient (Wildman–Crippen LogP) is 3.49. The van der Waals surface area contributed by atoms with Crippen molar-refractivity contribution in [2.75, 3.05) is 16.8 Å². The molecule has 1 N–H and O–H groups in total. The number of benzene rings is 2. The zero-order valence-electron chi connectivity index (χ0n) is 15.6. The van der Waals surface area contributed by atoms with Gasteiger partial charge in [0.05, 0.1) is 23.1 Å². The maximum absolute atomic E-state index is 13.3. The molecule has 0 saturated carbocycles. The minimum absolute atomic E-state index is 0.192. The van der Waals surface area contributed by atoms with Crippen LogP contribution in [0.15, 0.2) is 66.9 Å². The van der Waals surface area contributed by atoms with Gasteiger partial charge in [-0.1, -0.05) is 41.9 Å². The number of carbonyl (C=O) groups excluding carboxylic acids is 3. The number of hydrogen-bond acceptors (Lipinski definition) is 4. The Bertz CT molecular complexity index is 1190. The summed E-state index contributed by atoms with van der Waals surface area (Å²) in [5.74, 6) is -0.896. The van der Waals surface area contributed by atoms with Crippen molar-refractivity contribution < 1.29 is 14.4 Å². The lowest BCUT2D eigenvalue weighted by atomic mass is 10.0. The third-order valence-corrected chi connectivity index (χ3v) is 5.43. The van der Waals surface area contributed by atoms with Gasteiger partial charge < -0.3 is 10.2 Å². The Kier molecular flexibility index (Phi) is 4.25. The zero-order chi connectivity index (χ0) is 20.8. The highest BCUT2D eigenvalue weighted by Crippen LogP contribution is 2.44. The summed E-state index contributed by atoms with van der Waals surface area (Å²) in [5.41, 5.74) is 2.63. The van der Waals surface area contributed by atoms with Crippen molar-refractivity contribution in [2.45, 2.75) is 6.17 Å². The molecule has 0 fully saturated rings. The highest BCUT2D eigenvalue weighted by Gasteiger charge is 2.48. The standard InChI is InChI=1S/C22H15ClN4O3/c23-18-10-9-13(11-24-18)25-19(28)12-26-20-14-5-1-2-6-15(14)22(30)27(20)17-8-4-3-7-16(17)21(26)29/h1-11,20H,12H2,(H,25,28)/t20-/m0/s1. The van der Waals surface area contributed by atoms with Crippen LogP contribution in [0.5, 0.6) is 0 Å². The molecular weight excluding hydrogens is 404 g/mol. The number of nitrogens with zero attached hydrogens (tertiary/aromatic N) is 3. The van der Waals surface area contributed by atoms with Gasteiger partial charge in [-0.05, 0) is 30.3 Å². The Labute approximate surface area is 176 Å². The van der Waals surface area contributed by atoms with Gasteiger partial charge in [0.15, 0.2) is 0 Å². The second kappa shape index (κ2) is 6.96. The first-order chi connectivity index (χ1) is 14.5. The molecule has 0 unspecified atom stereocenters. The Morgan fingerprint density at radius 2 is 1.70 bits per heavy atom. The minimum atomic E-state index is -0.676. The highest BCUT2D eigenvalue weighted by atomic mass is 35.5. The number of halogens is 1. The fourth-order valence-electron chi connectivity index (χ4n) is 3.94. The second-order valence-corrected chi connectivity index (χ2v) is 7.39. The maximum atomic E-state index is 13.3. The lowest BCUT2D eigenvalue weighted by molar-refractivity contribution is -0.117. The highest BCUT2D eigenvalue weighted by molar-refractivity contribution is 6.29. The second-order valence-electron chi connectivity index (χ2n) is 7.00. The van der Waals surface area contributed by atoms with E-state index in [1.54, 1.807) is 53.4 Å². The smallest absolute Gasteiger partial charge is 0.260 e. The molecule has 30 heavy (non-hydrogen) atoms. The van der Waals surface area contributed by atoms with Gasteiger partial charge in [-0.3, -0.25) is 19.3 Å². The van der Waals surface area contributed by atoms with Crippen molar-refractivity contribution in [3.05, 3.63) is 88.7 Å². The van der Waals surface area contributed by atoms with Gasteiger partial charge in [0.1, 0.15) is 17.9 Å². The fourth-order valence-corrected chi connectivity index (χ4v) is 4.05. The van der Waals surface area contributed by atoms with Crippen molar-refractivity contribution in [1.82, 2.24) is 9.88 Å². The number of para-hydroxylation sites is 1. The molecule has 148 valence electrons. The summed E-state index contributed by atoms with van der Waals surface area (Å²) in [6.45, 7) is -0.224. The van der Waals surface area contributed by atoms with Crippen LogP contribution >= 0.6 is 11.6 Å². The van der Waals surface area contributed by atoms with Gasteiger partial charge in [-0.15, -0.1) is 0 Å². The predicted molar refractivity (Wildman–Crippen MR) is 111 cm³/mol. The molecule has 0 saturated heterocycles. The number of pyridine rings is 1. The average molecular weight is 419 g/mol. The van der Waals surface area contributed by atoms with Gasteiger partial charge >= 0.3 is 0 Å². The van der Waals surface area contributed by atoms with Crippen LogP contribution in [0.2, 0.25) is 5.15 Å². The maximum Gasteiger partial charge on any atom is 0.260 e. The van der Waals surface area contributed by atoms with E-state index in [1.165, 1.54) is 11.1 Å². The summed E-state index contributed by atoms with van der Waals surface area (Å²) < 4.78 is 0. The van der Waals surface area contributed by atoms with Crippen LogP contribution < -0.4 is 10.2 Å². The van der Waals surface area contributed by atoms with E-state index in [9.17, 15) is 14.4 Å². The van der Waals surface area contributed by atoms with Crippen LogP contribution in [-0.2, 0) is 4.79 Å². The van der Waals surface area contributed by atoms with E-state index in [0.29, 0.717) is 33.2 Å². The van der Waals surface area contributed by atoms with E-state index < -0.39 is 12.1 Å². The summed E-state index contributed by atoms with van der Waals surface area (Å²) in [5, 5.41) is 3.03. The molecule has 8 heteroatoms. The molecule has 0 bridgehead atoms. The van der Waals surface area contributed by atoms with Crippen LogP contribution in [0.4, 0.5) is 11.4 Å². The number of rotatable bonds is 3. The fraction of sp³-hybridized carbons (Fsp3) is 0.0909. The summed E-state index contributed by atoms with van der Waals surface area (Å²) >= 11 is 5.78. The molecule has 3 amide bonds. The molecule has 3 heterocycles.